The lowest BCUT2D eigenvalue weighted by Crippen LogP contribution is -2.29. The number of carbonyl (C=O) groups is 1. The number of benzene rings is 2. The van der Waals surface area contributed by atoms with Crippen LogP contribution in [0, 0.1) is 0 Å². The van der Waals surface area contributed by atoms with E-state index < -0.39 is 10.0 Å². The number of carbonyl (C=O) groups excluding carboxylic acids is 1. The number of amides is 1. The number of halogens is 1. The van der Waals surface area contributed by atoms with Crippen LogP contribution in [0.15, 0.2) is 73.8 Å². The fourth-order valence-electron chi connectivity index (χ4n) is 3.56. The van der Waals surface area contributed by atoms with Crippen molar-refractivity contribution < 1.29 is 22.7 Å². The van der Waals surface area contributed by atoms with Gasteiger partial charge in [0.25, 0.3) is 15.9 Å². The summed E-state index contributed by atoms with van der Waals surface area (Å²) in [6.07, 6.45) is 8.88. The number of hydrogen-bond acceptors (Lipinski definition) is 6. The summed E-state index contributed by atoms with van der Waals surface area (Å²) in [7, 11) is -2.43. The maximum atomic E-state index is 13.1. The molecule has 0 saturated carbocycles. The quantitative estimate of drug-likeness (QED) is 0.144. The SMILES string of the molecule is C=CCN1C(=O)/C(=C/c2ccc(OC)c(OCCCCCCC)c2)S/C1=N/S(=O)(=O)c1ccc(Br)cc1. The first-order valence-corrected chi connectivity index (χ1v) is 15.1. The first-order valence-electron chi connectivity index (χ1n) is 12.0. The van der Waals surface area contributed by atoms with E-state index in [-0.39, 0.29) is 22.5 Å². The molecule has 3 rings (SSSR count). The van der Waals surface area contributed by atoms with E-state index in [1.807, 2.05) is 12.1 Å². The molecule has 1 aliphatic heterocycles. The molecule has 0 unspecified atom stereocenters. The van der Waals surface area contributed by atoms with Crippen LogP contribution in [0.2, 0.25) is 0 Å². The van der Waals surface area contributed by atoms with Crippen LogP contribution in [0.4, 0.5) is 0 Å². The Bertz CT molecular complexity index is 1270. The minimum absolute atomic E-state index is 0.0406. The number of thioether (sulfide) groups is 1. The van der Waals surface area contributed by atoms with Crippen LogP contribution >= 0.6 is 27.7 Å². The Morgan fingerprint density at radius 1 is 1.08 bits per heavy atom. The highest BCUT2D eigenvalue weighted by Crippen LogP contribution is 2.35. The Balaban J connectivity index is 1.84. The van der Waals surface area contributed by atoms with Gasteiger partial charge in [-0.25, -0.2) is 0 Å². The van der Waals surface area contributed by atoms with Gasteiger partial charge in [-0.15, -0.1) is 11.0 Å². The molecule has 0 N–H and O–H groups in total. The summed E-state index contributed by atoms with van der Waals surface area (Å²) in [5.74, 6) is 0.860. The number of hydrogen-bond donors (Lipinski definition) is 0. The molecule has 0 atom stereocenters. The zero-order valence-electron chi connectivity index (χ0n) is 21.0. The van der Waals surface area contributed by atoms with Crippen LogP contribution in [-0.4, -0.2) is 44.7 Å². The van der Waals surface area contributed by atoms with Gasteiger partial charge in [0, 0.05) is 11.0 Å². The van der Waals surface area contributed by atoms with Crippen molar-refractivity contribution in [2.24, 2.45) is 4.40 Å². The van der Waals surface area contributed by atoms with Gasteiger partial charge in [-0.05, 0) is 66.2 Å². The molecule has 1 saturated heterocycles. The van der Waals surface area contributed by atoms with E-state index in [0.717, 1.165) is 34.6 Å². The topological polar surface area (TPSA) is 85.3 Å². The van der Waals surface area contributed by atoms with Gasteiger partial charge in [-0.3, -0.25) is 9.69 Å². The first-order chi connectivity index (χ1) is 17.8. The standard InChI is InChI=1S/C27H31BrN2O5S2/c1-4-6-7-8-9-17-35-24-18-20(10-15-23(24)34-3)19-25-26(31)30(16-5-2)27(36-25)29-37(32,33)22-13-11-21(28)12-14-22/h5,10-15,18-19H,2,4,6-9,16-17H2,1,3H3/b25-19-,29-27+. The van der Waals surface area contributed by atoms with Gasteiger partial charge in [-0.2, -0.15) is 8.42 Å². The number of methoxy groups -OCH3 is 1. The molecule has 0 aliphatic carbocycles. The summed E-state index contributed by atoms with van der Waals surface area (Å²) < 4.78 is 41.9. The molecule has 198 valence electrons. The van der Waals surface area contributed by atoms with E-state index in [0.29, 0.717) is 23.0 Å². The molecular formula is C27H31BrN2O5S2. The lowest BCUT2D eigenvalue weighted by Gasteiger charge is -2.12. The highest BCUT2D eigenvalue weighted by molar-refractivity contribution is 9.10. The van der Waals surface area contributed by atoms with Gasteiger partial charge in [-0.1, -0.05) is 60.7 Å². The zero-order chi connectivity index (χ0) is 26.8. The van der Waals surface area contributed by atoms with Crippen molar-refractivity contribution in [2.75, 3.05) is 20.3 Å². The van der Waals surface area contributed by atoms with Crippen LogP contribution in [0.5, 0.6) is 11.5 Å². The van der Waals surface area contributed by atoms with Gasteiger partial charge >= 0.3 is 0 Å². The van der Waals surface area contributed by atoms with Crippen LogP contribution in [0.1, 0.15) is 44.6 Å². The number of amidine groups is 1. The third-order valence-electron chi connectivity index (χ3n) is 5.50. The van der Waals surface area contributed by atoms with E-state index in [4.69, 9.17) is 9.47 Å². The third kappa shape index (κ3) is 7.96. The second-order valence-corrected chi connectivity index (χ2v) is 11.8. The monoisotopic (exact) mass is 606 g/mol. The summed E-state index contributed by atoms with van der Waals surface area (Å²) in [4.78, 5) is 14.8. The Labute approximate surface area is 231 Å². The number of rotatable bonds is 13. The second-order valence-electron chi connectivity index (χ2n) is 8.29. The lowest BCUT2D eigenvalue weighted by molar-refractivity contribution is -0.121. The molecule has 2 aromatic rings. The van der Waals surface area contributed by atoms with Crippen molar-refractivity contribution in [3.8, 4) is 11.5 Å². The molecule has 1 aliphatic rings. The van der Waals surface area contributed by atoms with Gasteiger partial charge in [0.2, 0.25) is 0 Å². The molecular weight excluding hydrogens is 576 g/mol. The fraction of sp³-hybridized carbons (Fsp3) is 0.333. The summed E-state index contributed by atoms with van der Waals surface area (Å²) in [6.45, 7) is 6.58. The highest BCUT2D eigenvalue weighted by atomic mass is 79.9. The van der Waals surface area contributed by atoms with Gasteiger partial charge in [0.15, 0.2) is 16.7 Å². The molecule has 10 heteroatoms. The van der Waals surface area contributed by atoms with Gasteiger partial charge in [0.1, 0.15) is 0 Å². The summed E-state index contributed by atoms with van der Waals surface area (Å²) >= 11 is 4.31. The summed E-state index contributed by atoms with van der Waals surface area (Å²) in [5, 5.41) is 0.0798. The second kappa shape index (κ2) is 13.8. The fourth-order valence-corrected chi connectivity index (χ4v) is 6.02. The van der Waals surface area contributed by atoms with E-state index >= 15 is 0 Å². The first kappa shape index (κ1) is 29.0. The van der Waals surface area contributed by atoms with Crippen molar-refractivity contribution in [3.63, 3.8) is 0 Å². The van der Waals surface area contributed by atoms with Crippen molar-refractivity contribution in [1.29, 1.82) is 0 Å². The van der Waals surface area contributed by atoms with Crippen LogP contribution in [0.25, 0.3) is 6.08 Å². The van der Waals surface area contributed by atoms with Crippen molar-refractivity contribution in [2.45, 2.75) is 43.9 Å². The molecule has 1 fully saturated rings. The molecule has 0 aromatic heterocycles. The van der Waals surface area contributed by atoms with E-state index in [1.54, 1.807) is 31.4 Å². The predicted octanol–water partition coefficient (Wildman–Crippen LogP) is 6.65. The number of unbranched alkanes of at least 4 members (excludes halogenated alkanes) is 4. The number of ether oxygens (including phenoxy) is 2. The summed E-state index contributed by atoms with van der Waals surface area (Å²) in [5.41, 5.74) is 0.730. The van der Waals surface area contributed by atoms with Crippen LogP contribution in [-0.2, 0) is 14.8 Å². The Morgan fingerprint density at radius 2 is 1.81 bits per heavy atom. The zero-order valence-corrected chi connectivity index (χ0v) is 24.2. The Hall–Kier alpha value is -2.56. The van der Waals surface area contributed by atoms with Crippen molar-refractivity contribution in [1.82, 2.24) is 4.90 Å². The molecule has 0 radical (unpaired) electrons. The normalized spacial score (nSPS) is 16.0. The highest BCUT2D eigenvalue weighted by Gasteiger charge is 2.34. The van der Waals surface area contributed by atoms with E-state index in [2.05, 4.69) is 33.8 Å². The van der Waals surface area contributed by atoms with Gasteiger partial charge in [0.05, 0.1) is 23.5 Å². The van der Waals surface area contributed by atoms with E-state index in [9.17, 15) is 13.2 Å². The maximum absolute atomic E-state index is 13.1. The minimum atomic E-state index is -4.01. The molecule has 7 nitrogen and oxygen atoms in total. The Kier molecular flexibility index (Phi) is 10.8. The number of sulfonamides is 1. The molecule has 1 amide bonds. The molecule has 0 bridgehead atoms. The largest absolute Gasteiger partial charge is 0.493 e. The van der Waals surface area contributed by atoms with Crippen LogP contribution < -0.4 is 9.47 Å². The van der Waals surface area contributed by atoms with Crippen molar-refractivity contribution in [3.05, 3.63) is 70.1 Å². The van der Waals surface area contributed by atoms with Crippen LogP contribution in [0.3, 0.4) is 0 Å². The van der Waals surface area contributed by atoms with Gasteiger partial charge < -0.3 is 9.47 Å². The molecule has 1 heterocycles. The Morgan fingerprint density at radius 3 is 2.49 bits per heavy atom. The predicted molar refractivity (Wildman–Crippen MR) is 153 cm³/mol. The maximum Gasteiger partial charge on any atom is 0.284 e. The minimum Gasteiger partial charge on any atom is -0.493 e. The average Bonchev–Trinajstić information content (AvgIpc) is 3.15. The van der Waals surface area contributed by atoms with E-state index in [1.165, 1.54) is 42.4 Å². The average molecular weight is 608 g/mol. The van der Waals surface area contributed by atoms with Crippen molar-refractivity contribution >= 4 is 54.9 Å². The molecule has 2 aromatic carbocycles. The number of nitrogens with zero attached hydrogens (tertiary/aromatic N) is 2. The lowest BCUT2D eigenvalue weighted by atomic mass is 10.1. The molecule has 0 spiro atoms. The third-order valence-corrected chi connectivity index (χ3v) is 8.43. The summed E-state index contributed by atoms with van der Waals surface area (Å²) in [6, 6.07) is 11.6. The smallest absolute Gasteiger partial charge is 0.284 e. The molecule has 37 heavy (non-hydrogen) atoms.